The summed E-state index contributed by atoms with van der Waals surface area (Å²) in [4.78, 5) is 48.5. The van der Waals surface area contributed by atoms with Crippen LogP contribution in [0.3, 0.4) is 0 Å². The van der Waals surface area contributed by atoms with Crippen LogP contribution < -0.4 is 21.3 Å². The number of hydrogen-bond acceptors (Lipinski definition) is 5. The monoisotopic (exact) mass is 418 g/mol. The van der Waals surface area contributed by atoms with Crippen molar-refractivity contribution < 1.29 is 24.3 Å². The van der Waals surface area contributed by atoms with Crippen LogP contribution in [0.25, 0.3) is 0 Å². The van der Waals surface area contributed by atoms with Crippen LogP contribution in [0.2, 0.25) is 0 Å². The number of carboxylic acid groups (broad SMARTS) is 1. The molecule has 1 saturated heterocycles. The number of amides is 3. The highest BCUT2D eigenvalue weighted by atomic mass is 16.4. The van der Waals surface area contributed by atoms with E-state index in [1.807, 2.05) is 6.07 Å². The summed E-state index contributed by atoms with van der Waals surface area (Å²) in [6.07, 6.45) is 1.76. The van der Waals surface area contributed by atoms with Crippen molar-refractivity contribution in [1.29, 1.82) is 0 Å². The number of carbonyl (C=O) groups is 4. The zero-order valence-electron chi connectivity index (χ0n) is 17.3. The van der Waals surface area contributed by atoms with Crippen molar-refractivity contribution in [1.82, 2.24) is 21.3 Å². The Morgan fingerprint density at radius 2 is 1.83 bits per heavy atom. The SMILES string of the molecule is CC(C)C(NC(=O)C1CCCN1)C(=O)NCC(=O)NC(Cc1ccccc1)C(=O)O. The summed E-state index contributed by atoms with van der Waals surface area (Å²) in [5.74, 6) is -2.67. The number of nitrogens with one attached hydrogen (secondary N) is 4. The van der Waals surface area contributed by atoms with Crippen molar-refractivity contribution in [2.75, 3.05) is 13.1 Å². The molecule has 0 aromatic heterocycles. The van der Waals surface area contributed by atoms with E-state index in [1.54, 1.807) is 38.1 Å². The van der Waals surface area contributed by atoms with Gasteiger partial charge in [-0.05, 0) is 30.9 Å². The Kier molecular flexibility index (Phi) is 8.79. The molecule has 1 aromatic carbocycles. The lowest BCUT2D eigenvalue weighted by molar-refractivity contribution is -0.141. The number of aliphatic carboxylic acids is 1. The second-order valence-corrected chi connectivity index (χ2v) is 7.75. The van der Waals surface area contributed by atoms with Gasteiger partial charge >= 0.3 is 5.97 Å². The van der Waals surface area contributed by atoms with E-state index in [-0.39, 0.29) is 30.8 Å². The molecule has 1 aliphatic rings. The number of carbonyl (C=O) groups excluding carboxylic acids is 3. The summed E-state index contributed by atoms with van der Waals surface area (Å²) in [6.45, 7) is 3.99. The van der Waals surface area contributed by atoms with Gasteiger partial charge in [-0.1, -0.05) is 44.2 Å². The van der Waals surface area contributed by atoms with E-state index in [9.17, 15) is 24.3 Å². The molecule has 5 N–H and O–H groups in total. The molecule has 9 nitrogen and oxygen atoms in total. The number of carboxylic acids is 1. The maximum absolute atomic E-state index is 12.5. The van der Waals surface area contributed by atoms with Gasteiger partial charge < -0.3 is 26.4 Å². The third-order valence-corrected chi connectivity index (χ3v) is 4.96. The molecule has 3 unspecified atom stereocenters. The van der Waals surface area contributed by atoms with Crippen molar-refractivity contribution in [3.63, 3.8) is 0 Å². The molecule has 0 spiro atoms. The highest BCUT2D eigenvalue weighted by molar-refractivity contribution is 5.92. The summed E-state index contributed by atoms with van der Waals surface area (Å²) in [5, 5.41) is 20.1. The van der Waals surface area contributed by atoms with Gasteiger partial charge in [0.2, 0.25) is 17.7 Å². The van der Waals surface area contributed by atoms with Crippen LogP contribution in [-0.4, -0.2) is 60.0 Å². The summed E-state index contributed by atoms with van der Waals surface area (Å²) >= 11 is 0. The van der Waals surface area contributed by atoms with Crippen molar-refractivity contribution in [3.05, 3.63) is 35.9 Å². The Bertz CT molecular complexity index is 747. The molecule has 9 heteroatoms. The first-order chi connectivity index (χ1) is 14.3. The lowest BCUT2D eigenvalue weighted by Crippen LogP contribution is -2.55. The van der Waals surface area contributed by atoms with E-state index in [0.717, 1.165) is 24.9 Å². The van der Waals surface area contributed by atoms with Gasteiger partial charge in [-0.3, -0.25) is 14.4 Å². The van der Waals surface area contributed by atoms with Gasteiger partial charge in [-0.25, -0.2) is 4.79 Å². The molecule has 0 radical (unpaired) electrons. The van der Waals surface area contributed by atoms with E-state index >= 15 is 0 Å². The number of hydrogen-bond donors (Lipinski definition) is 5. The Balaban J connectivity index is 1.86. The minimum absolute atomic E-state index is 0.134. The van der Waals surface area contributed by atoms with Crippen LogP contribution in [0.5, 0.6) is 0 Å². The Labute approximate surface area is 176 Å². The van der Waals surface area contributed by atoms with Crippen molar-refractivity contribution in [2.45, 2.75) is 51.2 Å². The third-order valence-electron chi connectivity index (χ3n) is 4.96. The lowest BCUT2D eigenvalue weighted by Gasteiger charge is -2.23. The molecule has 164 valence electrons. The highest BCUT2D eigenvalue weighted by Crippen LogP contribution is 2.08. The van der Waals surface area contributed by atoms with Crippen molar-refractivity contribution in [3.8, 4) is 0 Å². The van der Waals surface area contributed by atoms with Crippen LogP contribution in [-0.2, 0) is 25.6 Å². The molecule has 0 saturated carbocycles. The largest absolute Gasteiger partial charge is 0.480 e. The van der Waals surface area contributed by atoms with E-state index in [4.69, 9.17) is 0 Å². The van der Waals surface area contributed by atoms with Gasteiger partial charge in [0.1, 0.15) is 12.1 Å². The van der Waals surface area contributed by atoms with Gasteiger partial charge in [0.15, 0.2) is 0 Å². The molecule has 0 bridgehead atoms. The standard InChI is InChI=1S/C21H30N4O5/c1-13(2)18(25-19(27)15-9-6-10-22-15)20(28)23-12-17(26)24-16(21(29)30)11-14-7-4-3-5-8-14/h3-5,7-8,13,15-16,18,22H,6,9-12H2,1-2H3,(H,23,28)(H,24,26)(H,25,27)(H,29,30). The fourth-order valence-electron chi connectivity index (χ4n) is 3.27. The van der Waals surface area contributed by atoms with Gasteiger partial charge in [-0.15, -0.1) is 0 Å². The van der Waals surface area contributed by atoms with E-state index < -0.39 is 29.9 Å². The average Bonchev–Trinajstić information content (AvgIpc) is 3.25. The van der Waals surface area contributed by atoms with E-state index in [2.05, 4.69) is 21.3 Å². The first-order valence-electron chi connectivity index (χ1n) is 10.2. The maximum atomic E-state index is 12.5. The van der Waals surface area contributed by atoms with Crippen LogP contribution in [0, 0.1) is 5.92 Å². The molecule has 2 rings (SSSR count). The molecular weight excluding hydrogens is 388 g/mol. The minimum atomic E-state index is -1.16. The third kappa shape index (κ3) is 7.14. The first-order valence-corrected chi connectivity index (χ1v) is 10.2. The van der Waals surface area contributed by atoms with Crippen molar-refractivity contribution >= 4 is 23.7 Å². The van der Waals surface area contributed by atoms with Gasteiger partial charge in [0.25, 0.3) is 0 Å². The summed E-state index contributed by atoms with van der Waals surface area (Å²) in [7, 11) is 0. The maximum Gasteiger partial charge on any atom is 0.326 e. The van der Waals surface area contributed by atoms with Crippen LogP contribution in [0.1, 0.15) is 32.3 Å². The Morgan fingerprint density at radius 1 is 1.13 bits per heavy atom. The first kappa shape index (κ1) is 23.3. The van der Waals surface area contributed by atoms with Crippen LogP contribution in [0.4, 0.5) is 0 Å². The van der Waals surface area contributed by atoms with Gasteiger partial charge in [-0.2, -0.15) is 0 Å². The highest BCUT2D eigenvalue weighted by Gasteiger charge is 2.29. The lowest BCUT2D eigenvalue weighted by atomic mass is 10.0. The smallest absolute Gasteiger partial charge is 0.326 e. The Morgan fingerprint density at radius 3 is 2.40 bits per heavy atom. The molecular formula is C21H30N4O5. The fourth-order valence-corrected chi connectivity index (χ4v) is 3.27. The average molecular weight is 418 g/mol. The normalized spacial score (nSPS) is 17.8. The molecule has 1 aliphatic heterocycles. The van der Waals surface area contributed by atoms with E-state index in [0.29, 0.717) is 0 Å². The Hall–Kier alpha value is -2.94. The molecule has 0 aliphatic carbocycles. The second kappa shape index (κ2) is 11.3. The predicted molar refractivity (Wildman–Crippen MR) is 111 cm³/mol. The quantitative estimate of drug-likeness (QED) is 0.357. The van der Waals surface area contributed by atoms with Gasteiger partial charge in [0, 0.05) is 6.42 Å². The molecule has 1 fully saturated rings. The topological polar surface area (TPSA) is 137 Å². The van der Waals surface area contributed by atoms with Crippen molar-refractivity contribution in [2.24, 2.45) is 5.92 Å². The minimum Gasteiger partial charge on any atom is -0.480 e. The molecule has 3 atom stereocenters. The van der Waals surface area contributed by atoms with Crippen LogP contribution >= 0.6 is 0 Å². The summed E-state index contributed by atoms with van der Waals surface area (Å²) < 4.78 is 0. The summed E-state index contributed by atoms with van der Waals surface area (Å²) in [5.41, 5.74) is 0.775. The van der Waals surface area contributed by atoms with Crippen LogP contribution in [0.15, 0.2) is 30.3 Å². The second-order valence-electron chi connectivity index (χ2n) is 7.75. The summed E-state index contributed by atoms with van der Waals surface area (Å²) in [6, 6.07) is 6.75. The number of rotatable bonds is 10. The van der Waals surface area contributed by atoms with Gasteiger partial charge in [0.05, 0.1) is 12.6 Å². The molecule has 30 heavy (non-hydrogen) atoms. The predicted octanol–water partition coefficient (Wildman–Crippen LogP) is -0.192. The molecule has 1 aromatic rings. The molecule has 3 amide bonds. The zero-order valence-corrected chi connectivity index (χ0v) is 17.3. The zero-order chi connectivity index (χ0) is 22.1. The fraction of sp³-hybridized carbons (Fsp3) is 0.524. The van der Waals surface area contributed by atoms with E-state index in [1.165, 1.54) is 0 Å². The molecule has 1 heterocycles. The number of benzene rings is 1.